The van der Waals surface area contributed by atoms with E-state index in [4.69, 9.17) is 5.73 Å². The maximum atomic E-state index is 12.9. The van der Waals surface area contributed by atoms with Crippen LogP contribution in [0, 0.1) is 5.92 Å². The van der Waals surface area contributed by atoms with Crippen LogP contribution in [0.2, 0.25) is 0 Å². The van der Waals surface area contributed by atoms with E-state index in [1.807, 2.05) is 0 Å². The molecule has 0 aliphatic rings. The summed E-state index contributed by atoms with van der Waals surface area (Å²) in [5, 5.41) is 3.91. The number of Topliss-reactive ketones (excluding diaryl/α,β-unsaturated/α-hetero) is 2. The van der Waals surface area contributed by atoms with Crippen molar-refractivity contribution in [3.05, 3.63) is 71.8 Å². The van der Waals surface area contributed by atoms with Gasteiger partial charge in [0.15, 0.2) is 5.78 Å². The highest BCUT2D eigenvalue weighted by Gasteiger charge is 2.34. The number of urea groups is 1. The molecule has 0 saturated carbocycles. The molecule has 8 heteroatoms. The topological polar surface area (TPSA) is 128 Å². The van der Waals surface area contributed by atoms with Gasteiger partial charge in [0.1, 0.15) is 0 Å². The van der Waals surface area contributed by atoms with Crippen molar-refractivity contribution in [2.75, 3.05) is 7.11 Å². The number of benzene rings is 2. The summed E-state index contributed by atoms with van der Waals surface area (Å²) in [6.45, 7) is 0. The number of nitrogens with two attached hydrogens (primary N) is 1. The standard InChI is InChI=1S/C20H19N3O5/c1-28-19(26)18(25)15(17(24)14-10-6-3-7-11-14)12-16(22-23-20(21)27)13-8-4-2-5-9-13/h2-11,15H,12H2,1H3,(H3,21,23,27)/b22-16-. The fourth-order valence-corrected chi connectivity index (χ4v) is 2.53. The van der Waals surface area contributed by atoms with Crippen molar-refractivity contribution in [2.24, 2.45) is 16.8 Å². The Labute approximate surface area is 161 Å². The Balaban J connectivity index is 2.44. The average Bonchev–Trinajstić information content (AvgIpc) is 2.73. The van der Waals surface area contributed by atoms with Crippen molar-refractivity contribution in [1.82, 2.24) is 5.43 Å². The quantitative estimate of drug-likeness (QED) is 0.180. The Hall–Kier alpha value is -3.81. The van der Waals surface area contributed by atoms with E-state index >= 15 is 0 Å². The first-order valence-corrected chi connectivity index (χ1v) is 8.33. The number of methoxy groups -OCH3 is 1. The van der Waals surface area contributed by atoms with E-state index in [1.54, 1.807) is 60.7 Å². The van der Waals surface area contributed by atoms with E-state index in [2.05, 4.69) is 15.3 Å². The van der Waals surface area contributed by atoms with Crippen LogP contribution in [-0.4, -0.2) is 36.4 Å². The molecule has 0 fully saturated rings. The van der Waals surface area contributed by atoms with Gasteiger partial charge in [-0.15, -0.1) is 0 Å². The molecule has 0 aromatic heterocycles. The molecule has 0 aliphatic carbocycles. The number of rotatable bonds is 8. The van der Waals surface area contributed by atoms with Crippen LogP contribution in [-0.2, 0) is 14.3 Å². The van der Waals surface area contributed by atoms with Crippen molar-refractivity contribution in [2.45, 2.75) is 6.42 Å². The number of hydrogen-bond acceptors (Lipinski definition) is 6. The number of ketones is 2. The van der Waals surface area contributed by atoms with Crippen LogP contribution in [0.3, 0.4) is 0 Å². The van der Waals surface area contributed by atoms with Crippen LogP contribution in [0.1, 0.15) is 22.3 Å². The Morgan fingerprint density at radius 3 is 2.00 bits per heavy atom. The van der Waals surface area contributed by atoms with Gasteiger partial charge in [0, 0.05) is 12.0 Å². The maximum Gasteiger partial charge on any atom is 0.375 e. The summed E-state index contributed by atoms with van der Waals surface area (Å²) in [7, 11) is 1.06. The third-order valence-electron chi connectivity index (χ3n) is 3.88. The largest absolute Gasteiger partial charge is 0.463 e. The van der Waals surface area contributed by atoms with Crippen molar-refractivity contribution in [3.63, 3.8) is 0 Å². The van der Waals surface area contributed by atoms with E-state index < -0.39 is 29.5 Å². The second-order valence-electron chi connectivity index (χ2n) is 5.74. The molecule has 0 spiro atoms. The number of nitrogens with one attached hydrogen (secondary N) is 1. The minimum atomic E-state index is -1.37. The number of amides is 2. The van der Waals surface area contributed by atoms with Gasteiger partial charge in [0.25, 0.3) is 5.78 Å². The van der Waals surface area contributed by atoms with Gasteiger partial charge in [-0.1, -0.05) is 60.7 Å². The normalized spacial score (nSPS) is 12.0. The number of hydrazone groups is 1. The number of primary amides is 1. The molecule has 28 heavy (non-hydrogen) atoms. The first-order chi connectivity index (χ1) is 13.4. The van der Waals surface area contributed by atoms with Crippen LogP contribution >= 0.6 is 0 Å². The molecule has 144 valence electrons. The Kier molecular flexibility index (Phi) is 7.15. The number of esters is 1. The van der Waals surface area contributed by atoms with Gasteiger partial charge in [-0.05, 0) is 5.56 Å². The predicted octanol–water partition coefficient (Wildman–Crippen LogP) is 1.69. The van der Waals surface area contributed by atoms with Crippen LogP contribution < -0.4 is 11.2 Å². The Morgan fingerprint density at radius 2 is 1.50 bits per heavy atom. The van der Waals surface area contributed by atoms with Gasteiger partial charge in [-0.3, -0.25) is 9.59 Å². The average molecular weight is 381 g/mol. The van der Waals surface area contributed by atoms with Crippen molar-refractivity contribution < 1.29 is 23.9 Å². The lowest BCUT2D eigenvalue weighted by Crippen LogP contribution is -2.34. The number of carbonyl (C=O) groups excluding carboxylic acids is 4. The van der Waals surface area contributed by atoms with E-state index in [0.29, 0.717) is 5.56 Å². The third kappa shape index (κ3) is 5.34. The SMILES string of the molecule is COC(=O)C(=O)C(C/C(=N/NC(N)=O)c1ccccc1)C(=O)c1ccccc1. The van der Waals surface area contributed by atoms with E-state index in [-0.39, 0.29) is 17.7 Å². The molecular weight excluding hydrogens is 362 g/mol. The molecule has 1 atom stereocenters. The highest BCUT2D eigenvalue weighted by atomic mass is 16.5. The summed E-state index contributed by atoms with van der Waals surface area (Å²) in [5.74, 6) is -4.06. The summed E-state index contributed by atoms with van der Waals surface area (Å²) >= 11 is 0. The van der Waals surface area contributed by atoms with E-state index in [9.17, 15) is 19.2 Å². The van der Waals surface area contributed by atoms with E-state index in [1.165, 1.54) is 0 Å². The van der Waals surface area contributed by atoms with Gasteiger partial charge in [-0.25, -0.2) is 15.0 Å². The molecule has 0 aliphatic heterocycles. The van der Waals surface area contributed by atoms with Gasteiger partial charge < -0.3 is 10.5 Å². The summed E-state index contributed by atoms with van der Waals surface area (Å²) in [4.78, 5) is 48.3. The van der Waals surface area contributed by atoms with E-state index in [0.717, 1.165) is 7.11 Å². The summed E-state index contributed by atoms with van der Waals surface area (Å²) in [5.41, 5.74) is 8.20. The summed E-state index contributed by atoms with van der Waals surface area (Å²) in [6, 6.07) is 15.8. The van der Waals surface area contributed by atoms with Crippen LogP contribution in [0.5, 0.6) is 0 Å². The maximum absolute atomic E-state index is 12.9. The lowest BCUT2D eigenvalue weighted by molar-refractivity contribution is -0.152. The van der Waals surface area contributed by atoms with Crippen molar-refractivity contribution in [1.29, 1.82) is 0 Å². The minimum Gasteiger partial charge on any atom is -0.463 e. The third-order valence-corrected chi connectivity index (χ3v) is 3.88. The van der Waals surface area contributed by atoms with Crippen molar-refractivity contribution in [3.8, 4) is 0 Å². The summed E-state index contributed by atoms with van der Waals surface area (Å²) < 4.78 is 4.49. The smallest absolute Gasteiger partial charge is 0.375 e. The van der Waals surface area contributed by atoms with Gasteiger partial charge in [-0.2, -0.15) is 5.10 Å². The highest BCUT2D eigenvalue weighted by molar-refractivity contribution is 6.40. The number of ether oxygens (including phenoxy) is 1. The zero-order chi connectivity index (χ0) is 20.5. The molecule has 0 bridgehead atoms. The molecule has 2 aromatic carbocycles. The molecule has 2 aromatic rings. The predicted molar refractivity (Wildman–Crippen MR) is 102 cm³/mol. The number of nitrogens with zero attached hydrogens (tertiary/aromatic N) is 1. The van der Waals surface area contributed by atoms with Crippen LogP contribution in [0.4, 0.5) is 4.79 Å². The first-order valence-electron chi connectivity index (χ1n) is 8.33. The summed E-state index contributed by atoms with van der Waals surface area (Å²) in [6.07, 6.45) is -0.230. The minimum absolute atomic E-state index is 0.214. The zero-order valence-corrected chi connectivity index (χ0v) is 15.1. The lowest BCUT2D eigenvalue weighted by atomic mass is 9.87. The highest BCUT2D eigenvalue weighted by Crippen LogP contribution is 2.18. The fourth-order valence-electron chi connectivity index (χ4n) is 2.53. The second kappa shape index (κ2) is 9.77. The monoisotopic (exact) mass is 381 g/mol. The molecule has 2 amide bonds. The first kappa shape index (κ1) is 20.5. The zero-order valence-electron chi connectivity index (χ0n) is 15.1. The fraction of sp³-hybridized carbons (Fsp3) is 0.150. The molecular formula is C20H19N3O5. The molecule has 0 radical (unpaired) electrons. The number of hydrogen-bond donors (Lipinski definition) is 2. The molecule has 3 N–H and O–H groups in total. The Bertz CT molecular complexity index is 895. The molecule has 8 nitrogen and oxygen atoms in total. The lowest BCUT2D eigenvalue weighted by Gasteiger charge is -2.15. The van der Waals surface area contributed by atoms with Crippen LogP contribution in [0.15, 0.2) is 65.8 Å². The number of carbonyl (C=O) groups is 4. The Morgan fingerprint density at radius 1 is 0.964 bits per heavy atom. The van der Waals surface area contributed by atoms with Gasteiger partial charge in [0.05, 0.1) is 18.7 Å². The molecule has 2 rings (SSSR count). The second-order valence-corrected chi connectivity index (χ2v) is 5.74. The van der Waals surface area contributed by atoms with Gasteiger partial charge in [0.2, 0.25) is 0 Å². The molecule has 1 unspecified atom stereocenters. The van der Waals surface area contributed by atoms with Gasteiger partial charge >= 0.3 is 12.0 Å². The molecule has 0 saturated heterocycles. The van der Waals surface area contributed by atoms with Crippen LogP contribution in [0.25, 0.3) is 0 Å². The van der Waals surface area contributed by atoms with Crippen molar-refractivity contribution >= 4 is 29.3 Å². The molecule has 0 heterocycles.